The van der Waals surface area contributed by atoms with E-state index in [9.17, 15) is 4.79 Å². The zero-order valence-electron chi connectivity index (χ0n) is 15.5. The summed E-state index contributed by atoms with van der Waals surface area (Å²) in [6.45, 7) is 3.16. The van der Waals surface area contributed by atoms with Gasteiger partial charge in [0, 0.05) is 6.61 Å². The number of rotatable bonds is 19. The molecule has 0 saturated carbocycles. The van der Waals surface area contributed by atoms with Crippen LogP contribution in [0, 0.1) is 0 Å². The van der Waals surface area contributed by atoms with E-state index in [0.717, 1.165) is 6.42 Å². The summed E-state index contributed by atoms with van der Waals surface area (Å²) in [5.41, 5.74) is 0. The minimum absolute atomic E-state index is 0.169. The van der Waals surface area contributed by atoms with Crippen LogP contribution in [0.25, 0.3) is 0 Å². The summed E-state index contributed by atoms with van der Waals surface area (Å²) in [5.74, 6) is 0. The SMILES string of the molecule is CCCCCCCCCCCCCCCCCCOCN=C=O. The van der Waals surface area contributed by atoms with Crippen molar-refractivity contribution in [3.63, 3.8) is 0 Å². The zero-order valence-corrected chi connectivity index (χ0v) is 15.5. The Morgan fingerprint density at radius 3 is 1.43 bits per heavy atom. The van der Waals surface area contributed by atoms with Gasteiger partial charge in [0.2, 0.25) is 6.08 Å². The molecule has 3 heteroatoms. The Morgan fingerprint density at radius 1 is 0.652 bits per heavy atom. The van der Waals surface area contributed by atoms with Gasteiger partial charge in [0.05, 0.1) is 0 Å². The molecule has 0 aliphatic heterocycles. The van der Waals surface area contributed by atoms with Crippen LogP contribution in [0.5, 0.6) is 0 Å². The Balaban J connectivity index is 2.96. The first-order valence-electron chi connectivity index (χ1n) is 10.0. The molecular formula is C20H39NO2. The molecule has 0 amide bonds. The van der Waals surface area contributed by atoms with E-state index in [4.69, 9.17) is 4.74 Å². The molecule has 0 spiro atoms. The van der Waals surface area contributed by atoms with Crippen molar-refractivity contribution in [2.75, 3.05) is 13.3 Å². The van der Waals surface area contributed by atoms with Crippen molar-refractivity contribution < 1.29 is 9.53 Å². The number of unbranched alkanes of at least 4 members (excludes halogenated alkanes) is 15. The van der Waals surface area contributed by atoms with E-state index >= 15 is 0 Å². The Hall–Kier alpha value is -0.660. The lowest BCUT2D eigenvalue weighted by molar-refractivity contribution is 0.137. The predicted octanol–water partition coefficient (Wildman–Crippen LogP) is 6.56. The molecule has 0 aliphatic carbocycles. The summed E-state index contributed by atoms with van der Waals surface area (Å²) in [5, 5.41) is 0. The molecule has 0 atom stereocenters. The number of hydrogen-bond donors (Lipinski definition) is 0. The molecule has 0 saturated heterocycles. The number of ether oxygens (including phenoxy) is 1. The molecule has 0 bridgehead atoms. The van der Waals surface area contributed by atoms with Crippen LogP contribution >= 0.6 is 0 Å². The fourth-order valence-corrected chi connectivity index (χ4v) is 2.89. The molecule has 0 N–H and O–H groups in total. The van der Waals surface area contributed by atoms with Crippen molar-refractivity contribution in [1.82, 2.24) is 0 Å². The maximum Gasteiger partial charge on any atom is 0.237 e. The van der Waals surface area contributed by atoms with Gasteiger partial charge in [-0.05, 0) is 6.42 Å². The van der Waals surface area contributed by atoms with E-state index in [2.05, 4.69) is 11.9 Å². The molecule has 0 radical (unpaired) electrons. The lowest BCUT2D eigenvalue weighted by Crippen LogP contribution is -1.94. The van der Waals surface area contributed by atoms with Crippen LogP contribution in [0.2, 0.25) is 0 Å². The first kappa shape index (κ1) is 22.3. The fourth-order valence-electron chi connectivity index (χ4n) is 2.89. The minimum Gasteiger partial charge on any atom is -0.358 e. The fraction of sp³-hybridized carbons (Fsp3) is 0.950. The third-order valence-electron chi connectivity index (χ3n) is 4.36. The highest BCUT2D eigenvalue weighted by atomic mass is 16.5. The van der Waals surface area contributed by atoms with Crippen molar-refractivity contribution in [2.24, 2.45) is 4.99 Å². The standard InChI is InChI=1S/C20H39NO2/c1-2-3-4-5-6-7-8-9-10-11-12-13-14-15-16-17-18-23-20-21-19-22/h2-18,20H2,1H3. The molecular weight excluding hydrogens is 286 g/mol. The van der Waals surface area contributed by atoms with Gasteiger partial charge in [-0.1, -0.05) is 103 Å². The second kappa shape index (κ2) is 21.3. The number of aliphatic imine (C=N–C) groups is 1. The Labute approximate surface area is 144 Å². The highest BCUT2D eigenvalue weighted by molar-refractivity contribution is 5.32. The van der Waals surface area contributed by atoms with Crippen LogP contribution in [0.1, 0.15) is 110 Å². The van der Waals surface area contributed by atoms with Gasteiger partial charge in [0.15, 0.2) is 0 Å². The Bertz CT molecular complexity index is 262. The molecule has 23 heavy (non-hydrogen) atoms. The summed E-state index contributed by atoms with van der Waals surface area (Å²) < 4.78 is 5.16. The van der Waals surface area contributed by atoms with Gasteiger partial charge >= 0.3 is 0 Å². The van der Waals surface area contributed by atoms with Crippen LogP contribution in [0.15, 0.2) is 4.99 Å². The lowest BCUT2D eigenvalue weighted by atomic mass is 10.0. The summed E-state index contributed by atoms with van der Waals surface area (Å²) in [7, 11) is 0. The molecule has 0 aromatic carbocycles. The Kier molecular flexibility index (Phi) is 20.7. The van der Waals surface area contributed by atoms with Crippen molar-refractivity contribution in [2.45, 2.75) is 110 Å². The van der Waals surface area contributed by atoms with Gasteiger partial charge in [-0.3, -0.25) is 0 Å². The zero-order chi connectivity index (χ0) is 16.8. The van der Waals surface area contributed by atoms with Crippen LogP contribution in [-0.2, 0) is 9.53 Å². The minimum atomic E-state index is 0.169. The second-order valence-corrected chi connectivity index (χ2v) is 6.59. The quantitative estimate of drug-likeness (QED) is 0.153. The van der Waals surface area contributed by atoms with Gasteiger partial charge < -0.3 is 4.74 Å². The second-order valence-electron chi connectivity index (χ2n) is 6.59. The average molecular weight is 326 g/mol. The van der Waals surface area contributed by atoms with Crippen molar-refractivity contribution in [3.8, 4) is 0 Å². The predicted molar refractivity (Wildman–Crippen MR) is 98.5 cm³/mol. The smallest absolute Gasteiger partial charge is 0.237 e. The monoisotopic (exact) mass is 325 g/mol. The first-order chi connectivity index (χ1) is 11.4. The largest absolute Gasteiger partial charge is 0.358 e. The molecule has 0 rings (SSSR count). The van der Waals surface area contributed by atoms with Gasteiger partial charge in [0.1, 0.15) is 6.73 Å². The lowest BCUT2D eigenvalue weighted by Gasteiger charge is -2.03. The average Bonchev–Trinajstić information content (AvgIpc) is 2.57. The normalized spacial score (nSPS) is 10.7. The highest BCUT2D eigenvalue weighted by Crippen LogP contribution is 2.13. The molecule has 0 heterocycles. The van der Waals surface area contributed by atoms with Crippen LogP contribution < -0.4 is 0 Å². The number of hydrogen-bond acceptors (Lipinski definition) is 3. The van der Waals surface area contributed by atoms with E-state index in [1.807, 2.05) is 0 Å². The summed E-state index contributed by atoms with van der Waals surface area (Å²) in [4.78, 5) is 13.2. The number of nitrogens with zero attached hydrogens (tertiary/aromatic N) is 1. The van der Waals surface area contributed by atoms with Crippen LogP contribution in [0.3, 0.4) is 0 Å². The van der Waals surface area contributed by atoms with Crippen molar-refractivity contribution in [1.29, 1.82) is 0 Å². The van der Waals surface area contributed by atoms with Gasteiger partial charge in [-0.25, -0.2) is 4.79 Å². The van der Waals surface area contributed by atoms with Crippen LogP contribution in [0.4, 0.5) is 0 Å². The maximum absolute atomic E-state index is 9.82. The molecule has 3 nitrogen and oxygen atoms in total. The summed E-state index contributed by atoms with van der Waals surface area (Å²) in [6.07, 6.45) is 23.5. The van der Waals surface area contributed by atoms with Crippen molar-refractivity contribution >= 4 is 6.08 Å². The summed E-state index contributed by atoms with van der Waals surface area (Å²) >= 11 is 0. The van der Waals surface area contributed by atoms with Gasteiger partial charge in [-0.15, -0.1) is 0 Å². The third-order valence-corrected chi connectivity index (χ3v) is 4.36. The summed E-state index contributed by atoms with van der Waals surface area (Å²) in [6, 6.07) is 0. The van der Waals surface area contributed by atoms with Crippen LogP contribution in [-0.4, -0.2) is 19.4 Å². The molecule has 0 fully saturated rings. The van der Waals surface area contributed by atoms with E-state index in [1.54, 1.807) is 0 Å². The molecule has 0 unspecified atom stereocenters. The van der Waals surface area contributed by atoms with Gasteiger partial charge in [0.25, 0.3) is 0 Å². The topological polar surface area (TPSA) is 38.7 Å². The molecule has 136 valence electrons. The third kappa shape index (κ3) is 21.3. The van der Waals surface area contributed by atoms with E-state index < -0.39 is 0 Å². The maximum atomic E-state index is 9.82. The van der Waals surface area contributed by atoms with Crippen molar-refractivity contribution in [3.05, 3.63) is 0 Å². The number of isocyanates is 1. The molecule has 0 aliphatic rings. The van der Waals surface area contributed by atoms with E-state index in [0.29, 0.717) is 6.61 Å². The Morgan fingerprint density at radius 2 is 1.04 bits per heavy atom. The highest BCUT2D eigenvalue weighted by Gasteiger charge is 1.94. The molecule has 0 aromatic heterocycles. The number of carbonyl (C=O) groups excluding carboxylic acids is 1. The molecule has 0 aromatic rings. The first-order valence-corrected chi connectivity index (χ1v) is 10.0. The van der Waals surface area contributed by atoms with E-state index in [1.165, 1.54) is 102 Å². The van der Waals surface area contributed by atoms with Gasteiger partial charge in [-0.2, -0.15) is 4.99 Å². The van der Waals surface area contributed by atoms with E-state index in [-0.39, 0.29) is 6.73 Å².